The first-order chi connectivity index (χ1) is 5.65. The monoisotopic (exact) mass is 224 g/mol. The molecule has 0 aliphatic rings. The number of halogens is 3. The van der Waals surface area contributed by atoms with Crippen molar-refractivity contribution in [1.29, 1.82) is 0 Å². The number of ether oxygens (including phenoxy) is 1. The van der Waals surface area contributed by atoms with Crippen molar-refractivity contribution in [2.24, 2.45) is 0 Å². The van der Waals surface area contributed by atoms with Crippen LogP contribution in [0.2, 0.25) is 5.02 Å². The van der Waals surface area contributed by atoms with E-state index in [1.807, 2.05) is 0 Å². The molecule has 0 atom stereocenters. The molecule has 0 saturated carbocycles. The normalized spacial score (nSPS) is 10.4. The van der Waals surface area contributed by atoms with Crippen molar-refractivity contribution >= 4 is 34.8 Å². The minimum absolute atomic E-state index is 0.595. The molecule has 1 rings (SSSR count). The van der Waals surface area contributed by atoms with Crippen LogP contribution in [0, 0.1) is 0 Å². The van der Waals surface area contributed by atoms with Gasteiger partial charge in [-0.05, 0) is 18.2 Å². The first-order valence-corrected chi connectivity index (χ1v) is 4.52. The predicted molar refractivity (Wildman–Crippen MR) is 52.5 cm³/mol. The highest BCUT2D eigenvalue weighted by molar-refractivity contribution is 6.44. The average molecular weight is 226 g/mol. The molecule has 0 aliphatic heterocycles. The predicted octanol–water partition coefficient (Wildman–Crippen LogP) is 3.82. The van der Waals surface area contributed by atoms with Gasteiger partial charge in [0, 0.05) is 10.6 Å². The van der Waals surface area contributed by atoms with Crippen molar-refractivity contribution in [1.82, 2.24) is 0 Å². The van der Waals surface area contributed by atoms with E-state index in [-0.39, 0.29) is 0 Å². The number of hydrogen-bond donors (Lipinski definition) is 0. The van der Waals surface area contributed by atoms with E-state index in [1.165, 1.54) is 0 Å². The van der Waals surface area contributed by atoms with E-state index in [4.69, 9.17) is 39.5 Å². The second-order valence-corrected chi connectivity index (χ2v) is 3.72. The molecular weight excluding hydrogens is 218 g/mol. The zero-order valence-corrected chi connectivity index (χ0v) is 8.62. The second kappa shape index (κ2) is 4.22. The fourth-order valence-corrected chi connectivity index (χ4v) is 1.40. The van der Waals surface area contributed by atoms with Gasteiger partial charge >= 0.3 is 0 Å². The van der Waals surface area contributed by atoms with E-state index in [1.54, 1.807) is 25.3 Å². The van der Waals surface area contributed by atoms with Gasteiger partial charge in [-0.3, -0.25) is 0 Å². The van der Waals surface area contributed by atoms with Crippen LogP contribution in [-0.4, -0.2) is 7.11 Å². The summed E-state index contributed by atoms with van der Waals surface area (Å²) in [6, 6.07) is 5.14. The first kappa shape index (κ1) is 9.97. The molecule has 0 heterocycles. The molecule has 0 aliphatic carbocycles. The first-order valence-electron chi connectivity index (χ1n) is 3.26. The molecule has 0 unspecified atom stereocenters. The molecule has 12 heavy (non-hydrogen) atoms. The smallest absolute Gasteiger partial charge is 0.136 e. The third kappa shape index (κ3) is 2.19. The van der Waals surface area contributed by atoms with E-state index in [0.717, 1.165) is 0 Å². The Balaban J connectivity index is 3.12. The summed E-state index contributed by atoms with van der Waals surface area (Å²) in [5, 5.41) is 0.595. The van der Waals surface area contributed by atoms with Gasteiger partial charge in [0.15, 0.2) is 0 Å². The number of benzene rings is 1. The molecule has 66 valence electrons. The highest BCUT2D eigenvalue weighted by Gasteiger charge is 2.10. The lowest BCUT2D eigenvalue weighted by Gasteiger charge is -2.08. The van der Waals surface area contributed by atoms with Crippen LogP contribution in [0.25, 0.3) is 0 Å². The van der Waals surface area contributed by atoms with Crippen molar-refractivity contribution in [3.8, 4) is 5.75 Å². The summed E-state index contributed by atoms with van der Waals surface area (Å²) < 4.78 is 5.03. The summed E-state index contributed by atoms with van der Waals surface area (Å²) in [6.07, 6.45) is 0. The Labute approximate surface area is 86.2 Å². The molecule has 0 saturated heterocycles. The van der Waals surface area contributed by atoms with Crippen LogP contribution in [0.5, 0.6) is 5.75 Å². The molecule has 0 N–H and O–H groups in total. The molecule has 0 aromatic heterocycles. The van der Waals surface area contributed by atoms with Crippen LogP contribution in [0.3, 0.4) is 0 Å². The van der Waals surface area contributed by atoms with Crippen molar-refractivity contribution in [3.63, 3.8) is 0 Å². The van der Waals surface area contributed by atoms with E-state index in [9.17, 15) is 0 Å². The molecular formula is C8H7Cl3O. The van der Waals surface area contributed by atoms with Crippen LogP contribution in [0.15, 0.2) is 18.2 Å². The van der Waals surface area contributed by atoms with Gasteiger partial charge in [-0.2, -0.15) is 0 Å². The summed E-state index contributed by atoms with van der Waals surface area (Å²) in [4.78, 5) is -0.612. The number of alkyl halides is 2. The topological polar surface area (TPSA) is 9.23 Å². The Morgan fingerprint density at radius 2 is 2.00 bits per heavy atom. The average Bonchev–Trinajstić information content (AvgIpc) is 2.04. The van der Waals surface area contributed by atoms with E-state index in [0.29, 0.717) is 16.3 Å². The second-order valence-electron chi connectivity index (χ2n) is 2.19. The molecule has 1 nitrogen and oxygen atoms in total. The van der Waals surface area contributed by atoms with Gasteiger partial charge in [0.25, 0.3) is 0 Å². The lowest BCUT2D eigenvalue weighted by Crippen LogP contribution is -1.90. The lowest BCUT2D eigenvalue weighted by atomic mass is 10.2. The largest absolute Gasteiger partial charge is 0.496 e. The van der Waals surface area contributed by atoms with Crippen LogP contribution in [-0.2, 0) is 0 Å². The van der Waals surface area contributed by atoms with Crippen molar-refractivity contribution in [2.75, 3.05) is 7.11 Å². The Morgan fingerprint density at radius 3 is 2.50 bits per heavy atom. The van der Waals surface area contributed by atoms with Crippen molar-refractivity contribution < 1.29 is 4.74 Å². The van der Waals surface area contributed by atoms with Crippen LogP contribution < -0.4 is 4.74 Å². The van der Waals surface area contributed by atoms with Gasteiger partial charge in [0.2, 0.25) is 0 Å². The third-order valence-corrected chi connectivity index (χ3v) is 2.13. The van der Waals surface area contributed by atoms with Crippen LogP contribution in [0.1, 0.15) is 10.4 Å². The van der Waals surface area contributed by atoms with Gasteiger partial charge in [-0.1, -0.05) is 34.8 Å². The minimum Gasteiger partial charge on any atom is -0.496 e. The zero-order valence-electron chi connectivity index (χ0n) is 6.35. The van der Waals surface area contributed by atoms with Crippen LogP contribution in [0.4, 0.5) is 0 Å². The van der Waals surface area contributed by atoms with Crippen LogP contribution >= 0.6 is 34.8 Å². The lowest BCUT2D eigenvalue weighted by molar-refractivity contribution is 0.411. The Hall–Kier alpha value is -0.110. The van der Waals surface area contributed by atoms with E-state index in [2.05, 4.69) is 0 Å². The number of methoxy groups -OCH3 is 1. The van der Waals surface area contributed by atoms with E-state index >= 15 is 0 Å². The quantitative estimate of drug-likeness (QED) is 0.695. The molecule has 0 bridgehead atoms. The fraction of sp³-hybridized carbons (Fsp3) is 0.250. The SMILES string of the molecule is COc1ccc(Cl)cc1C(Cl)Cl. The maximum Gasteiger partial charge on any atom is 0.136 e. The molecule has 4 heteroatoms. The summed E-state index contributed by atoms with van der Waals surface area (Å²) in [5.41, 5.74) is 0.688. The summed E-state index contributed by atoms with van der Waals surface area (Å²) >= 11 is 17.1. The van der Waals surface area contributed by atoms with Gasteiger partial charge in [0.05, 0.1) is 7.11 Å². The molecule has 0 radical (unpaired) electrons. The Morgan fingerprint density at radius 1 is 1.33 bits per heavy atom. The van der Waals surface area contributed by atoms with Gasteiger partial charge in [-0.15, -0.1) is 0 Å². The van der Waals surface area contributed by atoms with Gasteiger partial charge in [0.1, 0.15) is 10.6 Å². The number of rotatable bonds is 2. The molecule has 1 aromatic rings. The zero-order chi connectivity index (χ0) is 9.14. The van der Waals surface area contributed by atoms with Gasteiger partial charge in [-0.25, -0.2) is 0 Å². The maximum atomic E-state index is 5.75. The highest BCUT2D eigenvalue weighted by atomic mass is 35.5. The Kier molecular flexibility index (Phi) is 3.51. The summed E-state index contributed by atoms with van der Waals surface area (Å²) in [6.45, 7) is 0. The fourth-order valence-electron chi connectivity index (χ4n) is 0.876. The van der Waals surface area contributed by atoms with Crippen molar-refractivity contribution in [2.45, 2.75) is 4.84 Å². The summed E-state index contributed by atoms with van der Waals surface area (Å²) in [7, 11) is 1.56. The molecule has 0 spiro atoms. The standard InChI is InChI=1S/C8H7Cl3O/c1-12-7-3-2-5(9)4-6(7)8(10)11/h2-4,8H,1H3. The summed E-state index contributed by atoms with van der Waals surface area (Å²) in [5.74, 6) is 0.648. The highest BCUT2D eigenvalue weighted by Crippen LogP contribution is 2.34. The molecule has 0 fully saturated rings. The third-order valence-electron chi connectivity index (χ3n) is 1.43. The molecule has 1 aromatic carbocycles. The van der Waals surface area contributed by atoms with Crippen molar-refractivity contribution in [3.05, 3.63) is 28.8 Å². The maximum absolute atomic E-state index is 5.75. The van der Waals surface area contributed by atoms with Gasteiger partial charge < -0.3 is 4.74 Å². The minimum atomic E-state index is -0.612. The van der Waals surface area contributed by atoms with E-state index < -0.39 is 4.84 Å². The molecule has 0 amide bonds. The Bertz CT molecular complexity index is 273. The number of hydrogen-bond acceptors (Lipinski definition) is 1.